The Hall–Kier alpha value is -0.520. The molecule has 1 atom stereocenters. The van der Waals surface area contributed by atoms with Gasteiger partial charge >= 0.3 is 0 Å². The van der Waals surface area contributed by atoms with Gasteiger partial charge in [0, 0.05) is 0 Å². The van der Waals surface area contributed by atoms with Crippen molar-refractivity contribution in [2.45, 2.75) is 26.2 Å². The summed E-state index contributed by atoms with van der Waals surface area (Å²) < 4.78 is 0. The molecule has 0 aromatic rings. The van der Waals surface area contributed by atoms with Crippen molar-refractivity contribution in [3.8, 4) is 0 Å². The van der Waals surface area contributed by atoms with Gasteiger partial charge in [-0.05, 0) is 25.2 Å². The summed E-state index contributed by atoms with van der Waals surface area (Å²) in [5.41, 5.74) is 1.63. The molecule has 0 saturated heterocycles. The third-order valence-electron chi connectivity index (χ3n) is 2.00. The van der Waals surface area contributed by atoms with Crippen LogP contribution in [0.15, 0.2) is 24.3 Å². The second kappa shape index (κ2) is 2.86. The third-order valence-corrected chi connectivity index (χ3v) is 2.00. The van der Waals surface area contributed by atoms with Gasteiger partial charge in [0.15, 0.2) is 0 Å². The highest BCUT2D eigenvalue weighted by atomic mass is 14.2. The molecule has 0 unspecified atom stereocenters. The zero-order valence-electron chi connectivity index (χ0n) is 6.06. The van der Waals surface area contributed by atoms with Gasteiger partial charge in [-0.2, -0.15) is 0 Å². The molecule has 0 spiro atoms. The van der Waals surface area contributed by atoms with E-state index in [9.17, 15) is 0 Å². The standard InChI is InChI=1S/C9H14/c1-3-4-5-9-7-6-8(9)2/h3,7-8H,1,4-6H2,2H3/t8-/m1/s1. The van der Waals surface area contributed by atoms with Gasteiger partial charge in [-0.1, -0.05) is 24.6 Å². The molecule has 0 N–H and O–H groups in total. The molecule has 1 rings (SSSR count). The van der Waals surface area contributed by atoms with Gasteiger partial charge in [0.1, 0.15) is 0 Å². The van der Waals surface area contributed by atoms with E-state index in [0.717, 1.165) is 12.3 Å². The summed E-state index contributed by atoms with van der Waals surface area (Å²) >= 11 is 0. The van der Waals surface area contributed by atoms with E-state index in [-0.39, 0.29) is 0 Å². The largest absolute Gasteiger partial charge is 0.103 e. The van der Waals surface area contributed by atoms with Crippen LogP contribution in [0.5, 0.6) is 0 Å². The lowest BCUT2D eigenvalue weighted by atomic mass is 9.84. The maximum absolute atomic E-state index is 3.69. The van der Waals surface area contributed by atoms with Crippen molar-refractivity contribution >= 4 is 0 Å². The van der Waals surface area contributed by atoms with Crippen LogP contribution >= 0.6 is 0 Å². The first-order valence-corrected chi connectivity index (χ1v) is 3.64. The van der Waals surface area contributed by atoms with Gasteiger partial charge in [-0.3, -0.25) is 0 Å². The Kier molecular flexibility index (Phi) is 2.10. The lowest BCUT2D eigenvalue weighted by Gasteiger charge is -2.22. The Morgan fingerprint density at radius 3 is 3.00 bits per heavy atom. The molecule has 0 radical (unpaired) electrons. The number of hydrogen-bond acceptors (Lipinski definition) is 0. The van der Waals surface area contributed by atoms with Crippen LogP contribution in [0.3, 0.4) is 0 Å². The minimum atomic E-state index is 0.866. The van der Waals surface area contributed by atoms with Gasteiger partial charge in [-0.15, -0.1) is 6.58 Å². The number of hydrogen-bond donors (Lipinski definition) is 0. The van der Waals surface area contributed by atoms with E-state index >= 15 is 0 Å². The van der Waals surface area contributed by atoms with Crippen LogP contribution in [-0.2, 0) is 0 Å². The molecule has 50 valence electrons. The summed E-state index contributed by atoms with van der Waals surface area (Å²) in [6, 6.07) is 0. The highest BCUT2D eigenvalue weighted by Crippen LogP contribution is 2.29. The lowest BCUT2D eigenvalue weighted by Crippen LogP contribution is -2.07. The van der Waals surface area contributed by atoms with Crippen molar-refractivity contribution in [2.75, 3.05) is 0 Å². The molecule has 0 nitrogen and oxygen atoms in total. The first-order valence-electron chi connectivity index (χ1n) is 3.64. The molecule has 0 bridgehead atoms. The van der Waals surface area contributed by atoms with Crippen molar-refractivity contribution in [2.24, 2.45) is 5.92 Å². The second-order valence-electron chi connectivity index (χ2n) is 2.74. The normalized spacial score (nSPS) is 24.6. The van der Waals surface area contributed by atoms with Gasteiger partial charge in [-0.25, -0.2) is 0 Å². The summed E-state index contributed by atoms with van der Waals surface area (Å²) in [7, 11) is 0. The van der Waals surface area contributed by atoms with E-state index in [0.29, 0.717) is 0 Å². The Labute approximate surface area is 57.3 Å². The topological polar surface area (TPSA) is 0 Å². The number of allylic oxidation sites excluding steroid dienone is 3. The summed E-state index contributed by atoms with van der Waals surface area (Å²) in [5.74, 6) is 0.866. The maximum Gasteiger partial charge on any atom is -0.0197 e. The summed E-state index contributed by atoms with van der Waals surface area (Å²) in [5, 5.41) is 0. The van der Waals surface area contributed by atoms with Crippen LogP contribution in [0.25, 0.3) is 0 Å². The molecule has 1 aliphatic rings. The molecule has 0 aromatic heterocycles. The molecule has 0 heterocycles. The van der Waals surface area contributed by atoms with Crippen LogP contribution in [0.4, 0.5) is 0 Å². The zero-order valence-corrected chi connectivity index (χ0v) is 6.06. The summed E-state index contributed by atoms with van der Waals surface area (Å²) in [4.78, 5) is 0. The van der Waals surface area contributed by atoms with E-state index in [1.165, 1.54) is 12.8 Å². The molecule has 0 fully saturated rings. The van der Waals surface area contributed by atoms with Crippen LogP contribution in [0, 0.1) is 5.92 Å². The molecule has 0 aliphatic heterocycles. The SMILES string of the molecule is C=CCCC1=CC[C@H]1C. The predicted octanol–water partition coefficient (Wildman–Crippen LogP) is 2.92. The fraction of sp³-hybridized carbons (Fsp3) is 0.556. The average Bonchev–Trinajstić information content (AvgIpc) is 1.86. The summed E-state index contributed by atoms with van der Waals surface area (Å²) in [6.07, 6.45) is 8.02. The zero-order chi connectivity index (χ0) is 6.69. The van der Waals surface area contributed by atoms with E-state index in [1.807, 2.05) is 6.08 Å². The monoisotopic (exact) mass is 122 g/mol. The van der Waals surface area contributed by atoms with Crippen LogP contribution in [0.2, 0.25) is 0 Å². The first-order chi connectivity index (χ1) is 4.34. The second-order valence-corrected chi connectivity index (χ2v) is 2.74. The molecule has 1 aliphatic carbocycles. The Balaban J connectivity index is 2.21. The van der Waals surface area contributed by atoms with Gasteiger partial charge in [0.25, 0.3) is 0 Å². The fourth-order valence-electron chi connectivity index (χ4n) is 1.14. The van der Waals surface area contributed by atoms with Crippen molar-refractivity contribution in [3.63, 3.8) is 0 Å². The van der Waals surface area contributed by atoms with Crippen LogP contribution < -0.4 is 0 Å². The summed E-state index contributed by atoms with van der Waals surface area (Å²) in [6.45, 7) is 5.98. The first kappa shape index (κ1) is 6.60. The highest BCUT2D eigenvalue weighted by molar-refractivity contribution is 5.16. The van der Waals surface area contributed by atoms with E-state index < -0.39 is 0 Å². The van der Waals surface area contributed by atoms with Crippen LogP contribution in [0.1, 0.15) is 26.2 Å². The molecule has 9 heavy (non-hydrogen) atoms. The molecule has 0 heteroatoms. The van der Waals surface area contributed by atoms with Crippen molar-refractivity contribution in [1.29, 1.82) is 0 Å². The smallest absolute Gasteiger partial charge is 0.0197 e. The Morgan fingerprint density at radius 1 is 1.89 bits per heavy atom. The fourth-order valence-corrected chi connectivity index (χ4v) is 1.14. The number of rotatable bonds is 3. The minimum Gasteiger partial charge on any atom is -0.103 e. The molecule has 0 saturated carbocycles. The quantitative estimate of drug-likeness (QED) is 0.505. The Bertz CT molecular complexity index is 131. The maximum atomic E-state index is 3.69. The molecular formula is C9H14. The Morgan fingerprint density at radius 2 is 2.67 bits per heavy atom. The lowest BCUT2D eigenvalue weighted by molar-refractivity contribution is 0.588. The molecule has 0 amide bonds. The third kappa shape index (κ3) is 1.44. The van der Waals surface area contributed by atoms with Gasteiger partial charge in [0.05, 0.1) is 0 Å². The van der Waals surface area contributed by atoms with Crippen molar-refractivity contribution < 1.29 is 0 Å². The van der Waals surface area contributed by atoms with Crippen molar-refractivity contribution in [1.82, 2.24) is 0 Å². The van der Waals surface area contributed by atoms with Gasteiger partial charge < -0.3 is 0 Å². The van der Waals surface area contributed by atoms with Crippen molar-refractivity contribution in [3.05, 3.63) is 24.3 Å². The van der Waals surface area contributed by atoms with E-state index in [4.69, 9.17) is 0 Å². The van der Waals surface area contributed by atoms with Gasteiger partial charge in [0.2, 0.25) is 0 Å². The van der Waals surface area contributed by atoms with Crippen LogP contribution in [-0.4, -0.2) is 0 Å². The van der Waals surface area contributed by atoms with E-state index in [2.05, 4.69) is 19.6 Å². The molecule has 0 aromatic carbocycles. The minimum absolute atomic E-state index is 0.866. The average molecular weight is 122 g/mol. The highest BCUT2D eigenvalue weighted by Gasteiger charge is 2.13. The molecular weight excluding hydrogens is 108 g/mol. The van der Waals surface area contributed by atoms with E-state index in [1.54, 1.807) is 5.57 Å². The predicted molar refractivity (Wildman–Crippen MR) is 41.3 cm³/mol.